The molecule has 7 heteroatoms. The molecule has 4 nitrogen and oxygen atoms in total. The predicted octanol–water partition coefficient (Wildman–Crippen LogP) is 5.17. The Hall–Kier alpha value is -2.47. The molecule has 32 heavy (non-hydrogen) atoms. The van der Waals surface area contributed by atoms with Crippen LogP contribution >= 0.6 is 11.6 Å². The van der Waals surface area contributed by atoms with Crippen molar-refractivity contribution in [3.8, 4) is 5.75 Å². The Morgan fingerprint density at radius 2 is 1.81 bits per heavy atom. The second-order valence-corrected chi connectivity index (χ2v) is 9.30. The van der Waals surface area contributed by atoms with Gasteiger partial charge in [0.25, 0.3) is 0 Å². The van der Waals surface area contributed by atoms with Crippen molar-refractivity contribution in [3.63, 3.8) is 0 Å². The third kappa shape index (κ3) is 5.29. The van der Waals surface area contributed by atoms with Crippen LogP contribution in [0.15, 0.2) is 36.4 Å². The van der Waals surface area contributed by atoms with E-state index < -0.39 is 17.6 Å². The van der Waals surface area contributed by atoms with Gasteiger partial charge in [0, 0.05) is 61.0 Å². The molecule has 2 aromatic carbocycles. The number of ketones is 1. The third-order valence-corrected chi connectivity index (χ3v) is 6.66. The first kappa shape index (κ1) is 22.7. The number of hydrogen-bond donors (Lipinski definition) is 0. The SMILES string of the molecule is COc1cc(F)c(C2CC(=O)N(CC3CC3)C[C@H]2CC(=O)Cc2ccc(Cl)cc2)c(F)c1. The van der Waals surface area contributed by atoms with Gasteiger partial charge in [-0.1, -0.05) is 23.7 Å². The molecule has 1 unspecified atom stereocenters. The second-order valence-electron chi connectivity index (χ2n) is 8.86. The molecular weight excluding hydrogens is 436 g/mol. The number of benzene rings is 2. The molecule has 1 heterocycles. The molecule has 1 saturated heterocycles. The predicted molar refractivity (Wildman–Crippen MR) is 118 cm³/mol. The molecule has 2 atom stereocenters. The summed E-state index contributed by atoms with van der Waals surface area (Å²) in [5, 5.41) is 0.591. The van der Waals surface area contributed by atoms with Gasteiger partial charge in [0.1, 0.15) is 23.2 Å². The zero-order chi connectivity index (χ0) is 22.8. The van der Waals surface area contributed by atoms with E-state index in [4.69, 9.17) is 16.3 Å². The number of carbonyl (C=O) groups is 2. The molecule has 1 aliphatic carbocycles. The van der Waals surface area contributed by atoms with E-state index >= 15 is 0 Å². The van der Waals surface area contributed by atoms with Crippen molar-refractivity contribution in [1.82, 2.24) is 4.90 Å². The number of methoxy groups -OCH3 is 1. The first-order valence-electron chi connectivity index (χ1n) is 10.9. The highest BCUT2D eigenvalue weighted by molar-refractivity contribution is 6.30. The Kier molecular flexibility index (Phi) is 6.79. The Balaban J connectivity index is 1.57. The fraction of sp³-hybridized carbons (Fsp3) is 0.440. The standard InChI is InChI=1S/C25H26ClF2NO3/c1-32-20-10-22(27)25(23(28)11-20)21-12-24(31)29(13-16-2-3-16)14-17(21)9-19(30)8-15-4-6-18(26)7-5-15/h4-7,10-11,16-17,21H,2-3,8-9,12-14H2,1H3/t17-,21?/m1/s1. The van der Waals surface area contributed by atoms with E-state index in [9.17, 15) is 18.4 Å². The van der Waals surface area contributed by atoms with Crippen LogP contribution < -0.4 is 4.74 Å². The number of hydrogen-bond acceptors (Lipinski definition) is 3. The number of ether oxygens (including phenoxy) is 1. The van der Waals surface area contributed by atoms with Crippen molar-refractivity contribution in [1.29, 1.82) is 0 Å². The highest BCUT2D eigenvalue weighted by Gasteiger charge is 2.40. The first-order chi connectivity index (χ1) is 15.3. The summed E-state index contributed by atoms with van der Waals surface area (Å²) < 4.78 is 34.7. The molecule has 0 spiro atoms. The van der Waals surface area contributed by atoms with Gasteiger partial charge < -0.3 is 9.64 Å². The highest BCUT2D eigenvalue weighted by atomic mass is 35.5. The number of piperidine rings is 1. The van der Waals surface area contributed by atoms with Crippen LogP contribution in [0.5, 0.6) is 5.75 Å². The van der Waals surface area contributed by atoms with Crippen LogP contribution in [0.4, 0.5) is 8.78 Å². The van der Waals surface area contributed by atoms with Crippen molar-refractivity contribution in [2.24, 2.45) is 11.8 Å². The van der Waals surface area contributed by atoms with E-state index in [0.717, 1.165) is 30.5 Å². The minimum absolute atomic E-state index is 0.00815. The van der Waals surface area contributed by atoms with E-state index in [1.807, 2.05) is 0 Å². The monoisotopic (exact) mass is 461 g/mol. The van der Waals surface area contributed by atoms with Crippen molar-refractivity contribution in [2.75, 3.05) is 20.2 Å². The fourth-order valence-electron chi connectivity index (χ4n) is 4.56. The molecule has 1 saturated carbocycles. The Morgan fingerprint density at radius 1 is 1.16 bits per heavy atom. The second kappa shape index (κ2) is 9.57. The van der Waals surface area contributed by atoms with E-state index in [2.05, 4.69) is 0 Å². The largest absolute Gasteiger partial charge is 0.497 e. The summed E-state index contributed by atoms with van der Waals surface area (Å²) in [5.41, 5.74) is 0.703. The average molecular weight is 462 g/mol. The summed E-state index contributed by atoms with van der Waals surface area (Å²) in [4.78, 5) is 27.5. The number of carbonyl (C=O) groups excluding carboxylic acids is 2. The van der Waals surface area contributed by atoms with Crippen LogP contribution in [-0.2, 0) is 16.0 Å². The summed E-state index contributed by atoms with van der Waals surface area (Å²) in [6.07, 6.45) is 2.53. The molecule has 0 N–H and O–H groups in total. The molecule has 1 aliphatic heterocycles. The van der Waals surface area contributed by atoms with Gasteiger partial charge in [0.15, 0.2) is 0 Å². The van der Waals surface area contributed by atoms with Gasteiger partial charge in [-0.25, -0.2) is 8.78 Å². The highest BCUT2D eigenvalue weighted by Crippen LogP contribution is 2.41. The van der Waals surface area contributed by atoms with E-state index in [1.165, 1.54) is 7.11 Å². The minimum atomic E-state index is -0.745. The lowest BCUT2D eigenvalue weighted by Crippen LogP contribution is -2.45. The number of amides is 1. The molecule has 0 bridgehead atoms. The van der Waals surface area contributed by atoms with Crippen LogP contribution in [0.2, 0.25) is 5.02 Å². The summed E-state index contributed by atoms with van der Waals surface area (Å²) >= 11 is 5.92. The third-order valence-electron chi connectivity index (χ3n) is 6.41. The number of nitrogens with zero attached hydrogens (tertiary/aromatic N) is 1. The lowest BCUT2D eigenvalue weighted by Gasteiger charge is -2.38. The van der Waals surface area contributed by atoms with Crippen LogP contribution in [0.3, 0.4) is 0 Å². The molecule has 0 aromatic heterocycles. The van der Waals surface area contributed by atoms with Crippen molar-refractivity contribution in [2.45, 2.75) is 38.0 Å². The first-order valence-corrected chi connectivity index (χ1v) is 11.3. The minimum Gasteiger partial charge on any atom is -0.497 e. The maximum absolute atomic E-state index is 14.9. The van der Waals surface area contributed by atoms with Gasteiger partial charge in [-0.3, -0.25) is 9.59 Å². The van der Waals surface area contributed by atoms with Gasteiger partial charge in [0.05, 0.1) is 7.11 Å². The summed E-state index contributed by atoms with van der Waals surface area (Å²) in [6, 6.07) is 9.31. The van der Waals surface area contributed by atoms with Gasteiger partial charge in [0.2, 0.25) is 5.91 Å². The normalized spacial score (nSPS) is 21.0. The fourth-order valence-corrected chi connectivity index (χ4v) is 4.68. The van der Waals surface area contributed by atoms with Gasteiger partial charge >= 0.3 is 0 Å². The zero-order valence-electron chi connectivity index (χ0n) is 18.0. The maximum Gasteiger partial charge on any atom is 0.223 e. The lowest BCUT2D eigenvalue weighted by molar-refractivity contribution is -0.137. The quantitative estimate of drug-likeness (QED) is 0.544. The number of Topliss-reactive ketones (excluding diaryl/α,β-unsaturated/α-hetero) is 1. The molecule has 1 amide bonds. The maximum atomic E-state index is 14.9. The molecule has 2 fully saturated rings. The van der Waals surface area contributed by atoms with E-state index in [-0.39, 0.29) is 48.2 Å². The Bertz CT molecular complexity index is 984. The van der Waals surface area contributed by atoms with Crippen LogP contribution in [0.1, 0.15) is 42.7 Å². The summed E-state index contributed by atoms with van der Waals surface area (Å²) in [5.74, 6) is -2.11. The Labute approximate surface area is 191 Å². The van der Waals surface area contributed by atoms with Crippen LogP contribution in [0.25, 0.3) is 0 Å². The Morgan fingerprint density at radius 3 is 2.41 bits per heavy atom. The smallest absolute Gasteiger partial charge is 0.223 e. The molecular formula is C25H26ClF2NO3. The zero-order valence-corrected chi connectivity index (χ0v) is 18.7. The summed E-state index contributed by atoms with van der Waals surface area (Å²) in [6.45, 7) is 0.984. The lowest BCUT2D eigenvalue weighted by atomic mass is 9.76. The molecule has 2 aromatic rings. The molecule has 4 rings (SSSR count). The van der Waals surface area contributed by atoms with Gasteiger partial charge in [-0.15, -0.1) is 0 Å². The molecule has 0 radical (unpaired) electrons. The average Bonchev–Trinajstić information content (AvgIpc) is 3.56. The molecule has 170 valence electrons. The van der Waals surface area contributed by atoms with E-state index in [0.29, 0.717) is 24.0 Å². The van der Waals surface area contributed by atoms with Crippen LogP contribution in [0, 0.1) is 23.5 Å². The number of halogens is 3. The van der Waals surface area contributed by atoms with E-state index in [1.54, 1.807) is 29.2 Å². The topological polar surface area (TPSA) is 46.6 Å². The van der Waals surface area contributed by atoms with Crippen molar-refractivity contribution in [3.05, 3.63) is 64.2 Å². The van der Waals surface area contributed by atoms with Crippen molar-refractivity contribution >= 4 is 23.3 Å². The van der Waals surface area contributed by atoms with Crippen LogP contribution in [-0.4, -0.2) is 36.8 Å². The number of rotatable bonds is 8. The summed E-state index contributed by atoms with van der Waals surface area (Å²) in [7, 11) is 1.34. The number of likely N-dealkylation sites (tertiary alicyclic amines) is 1. The van der Waals surface area contributed by atoms with Crippen molar-refractivity contribution < 1.29 is 23.1 Å². The molecule has 2 aliphatic rings. The van der Waals surface area contributed by atoms with Gasteiger partial charge in [-0.2, -0.15) is 0 Å². The van der Waals surface area contributed by atoms with Gasteiger partial charge in [-0.05, 0) is 42.4 Å².